The maximum absolute atomic E-state index is 11.2. The summed E-state index contributed by atoms with van der Waals surface area (Å²) < 4.78 is 0. The average molecular weight is 231 g/mol. The van der Waals surface area contributed by atoms with Gasteiger partial charge in [-0.1, -0.05) is 13.8 Å². The number of carbonyl (C=O) groups is 2. The predicted octanol–water partition coefficient (Wildman–Crippen LogP) is -0.00880. The first-order valence-electron chi connectivity index (χ1n) is 5.43. The molecule has 0 rings (SSSR count). The van der Waals surface area contributed by atoms with Gasteiger partial charge in [0.15, 0.2) is 0 Å². The van der Waals surface area contributed by atoms with E-state index in [4.69, 9.17) is 10.8 Å². The Labute approximate surface area is 95.6 Å². The standard InChI is InChI=1S/C10H21N3O3/c1-7(2)8(9(14)15)6-13-10(16)12-5-3-4-11/h7-8H,3-6,11H2,1-2H3,(H,14,15)(H2,12,13,16). The summed E-state index contributed by atoms with van der Waals surface area (Å²) in [5, 5.41) is 14.0. The van der Waals surface area contributed by atoms with Gasteiger partial charge in [0.1, 0.15) is 0 Å². The van der Waals surface area contributed by atoms with Crippen LogP contribution in [0.1, 0.15) is 20.3 Å². The van der Waals surface area contributed by atoms with Gasteiger partial charge in [0.05, 0.1) is 5.92 Å². The minimum Gasteiger partial charge on any atom is -0.481 e. The molecule has 0 heterocycles. The van der Waals surface area contributed by atoms with Gasteiger partial charge in [0.2, 0.25) is 0 Å². The Balaban J connectivity index is 3.83. The molecule has 0 spiro atoms. The van der Waals surface area contributed by atoms with Crippen LogP contribution in [0.2, 0.25) is 0 Å². The van der Waals surface area contributed by atoms with E-state index in [-0.39, 0.29) is 18.5 Å². The van der Waals surface area contributed by atoms with Gasteiger partial charge in [0.25, 0.3) is 0 Å². The molecule has 0 saturated carbocycles. The Kier molecular flexibility index (Phi) is 7.28. The molecular weight excluding hydrogens is 210 g/mol. The average Bonchev–Trinajstić information content (AvgIpc) is 2.17. The Morgan fingerprint density at radius 3 is 2.38 bits per heavy atom. The second-order valence-electron chi connectivity index (χ2n) is 3.97. The van der Waals surface area contributed by atoms with E-state index in [1.807, 2.05) is 13.8 Å². The number of hydrogen-bond acceptors (Lipinski definition) is 3. The van der Waals surface area contributed by atoms with E-state index in [0.29, 0.717) is 19.5 Å². The fourth-order valence-corrected chi connectivity index (χ4v) is 1.18. The third-order valence-corrected chi connectivity index (χ3v) is 2.27. The van der Waals surface area contributed by atoms with Crippen LogP contribution < -0.4 is 16.4 Å². The van der Waals surface area contributed by atoms with Gasteiger partial charge in [-0.25, -0.2) is 4.79 Å². The van der Waals surface area contributed by atoms with Crippen molar-refractivity contribution in [1.82, 2.24) is 10.6 Å². The van der Waals surface area contributed by atoms with E-state index in [0.717, 1.165) is 0 Å². The molecule has 0 radical (unpaired) electrons. The fourth-order valence-electron chi connectivity index (χ4n) is 1.18. The van der Waals surface area contributed by atoms with Crippen LogP contribution in [0.5, 0.6) is 0 Å². The molecular formula is C10H21N3O3. The predicted molar refractivity (Wildman–Crippen MR) is 61.0 cm³/mol. The van der Waals surface area contributed by atoms with Gasteiger partial charge in [-0.15, -0.1) is 0 Å². The van der Waals surface area contributed by atoms with Crippen LogP contribution in [0, 0.1) is 11.8 Å². The van der Waals surface area contributed by atoms with Gasteiger partial charge >= 0.3 is 12.0 Å². The number of carboxylic acid groups (broad SMARTS) is 1. The highest BCUT2D eigenvalue weighted by molar-refractivity contribution is 5.75. The molecule has 0 fully saturated rings. The molecule has 94 valence electrons. The molecule has 0 aliphatic heterocycles. The molecule has 0 aromatic carbocycles. The summed E-state index contributed by atoms with van der Waals surface area (Å²) >= 11 is 0. The van der Waals surface area contributed by atoms with Crippen molar-refractivity contribution < 1.29 is 14.7 Å². The van der Waals surface area contributed by atoms with Crippen LogP contribution in [0.4, 0.5) is 4.79 Å². The van der Waals surface area contributed by atoms with Crippen molar-refractivity contribution in [1.29, 1.82) is 0 Å². The number of urea groups is 1. The smallest absolute Gasteiger partial charge is 0.314 e. The second-order valence-corrected chi connectivity index (χ2v) is 3.97. The summed E-state index contributed by atoms with van der Waals surface area (Å²) in [5.74, 6) is -1.46. The lowest BCUT2D eigenvalue weighted by Gasteiger charge is -2.16. The summed E-state index contributed by atoms with van der Waals surface area (Å²) in [7, 11) is 0. The molecule has 16 heavy (non-hydrogen) atoms. The molecule has 0 aromatic rings. The number of carboxylic acids is 1. The van der Waals surface area contributed by atoms with Crippen LogP contribution in [0.3, 0.4) is 0 Å². The highest BCUT2D eigenvalue weighted by Crippen LogP contribution is 2.09. The van der Waals surface area contributed by atoms with Gasteiger partial charge < -0.3 is 21.5 Å². The zero-order chi connectivity index (χ0) is 12.6. The van der Waals surface area contributed by atoms with Gasteiger partial charge in [0, 0.05) is 13.1 Å². The van der Waals surface area contributed by atoms with Gasteiger partial charge in [-0.05, 0) is 18.9 Å². The number of aliphatic carboxylic acids is 1. The lowest BCUT2D eigenvalue weighted by Crippen LogP contribution is -2.41. The summed E-state index contributed by atoms with van der Waals surface area (Å²) in [4.78, 5) is 22.0. The van der Waals surface area contributed by atoms with Crippen LogP contribution in [-0.4, -0.2) is 36.7 Å². The van der Waals surface area contributed by atoms with Crippen molar-refractivity contribution in [2.45, 2.75) is 20.3 Å². The molecule has 0 aliphatic carbocycles. The van der Waals surface area contributed by atoms with Crippen LogP contribution in [0.25, 0.3) is 0 Å². The van der Waals surface area contributed by atoms with E-state index in [1.54, 1.807) is 0 Å². The normalized spacial score (nSPS) is 12.2. The van der Waals surface area contributed by atoms with Gasteiger partial charge in [-0.2, -0.15) is 0 Å². The van der Waals surface area contributed by atoms with E-state index < -0.39 is 11.9 Å². The van der Waals surface area contributed by atoms with Crippen LogP contribution >= 0.6 is 0 Å². The number of amides is 2. The Hall–Kier alpha value is -1.30. The minimum atomic E-state index is -0.891. The van der Waals surface area contributed by atoms with Crippen molar-refractivity contribution in [2.75, 3.05) is 19.6 Å². The summed E-state index contributed by atoms with van der Waals surface area (Å²) in [6.07, 6.45) is 0.708. The molecule has 6 nitrogen and oxygen atoms in total. The number of rotatable bonds is 7. The van der Waals surface area contributed by atoms with E-state index >= 15 is 0 Å². The Bertz CT molecular complexity index is 231. The first-order chi connectivity index (χ1) is 7.49. The maximum Gasteiger partial charge on any atom is 0.314 e. The number of nitrogens with one attached hydrogen (secondary N) is 2. The molecule has 0 aliphatic rings. The molecule has 0 saturated heterocycles. The molecule has 0 aromatic heterocycles. The molecule has 5 N–H and O–H groups in total. The van der Waals surface area contributed by atoms with Crippen molar-refractivity contribution in [2.24, 2.45) is 17.6 Å². The molecule has 0 bridgehead atoms. The molecule has 1 unspecified atom stereocenters. The maximum atomic E-state index is 11.2. The van der Waals surface area contributed by atoms with Crippen molar-refractivity contribution >= 4 is 12.0 Å². The largest absolute Gasteiger partial charge is 0.481 e. The SMILES string of the molecule is CC(C)C(CNC(=O)NCCCN)C(=O)O. The molecule has 2 amide bonds. The highest BCUT2D eigenvalue weighted by Gasteiger charge is 2.21. The number of hydrogen-bond donors (Lipinski definition) is 4. The zero-order valence-electron chi connectivity index (χ0n) is 9.82. The van der Waals surface area contributed by atoms with Crippen LogP contribution in [-0.2, 0) is 4.79 Å². The van der Waals surface area contributed by atoms with E-state index in [1.165, 1.54) is 0 Å². The van der Waals surface area contributed by atoms with Crippen molar-refractivity contribution in [3.8, 4) is 0 Å². The Morgan fingerprint density at radius 1 is 1.31 bits per heavy atom. The summed E-state index contributed by atoms with van der Waals surface area (Å²) in [6, 6.07) is -0.347. The van der Waals surface area contributed by atoms with Crippen molar-refractivity contribution in [3.63, 3.8) is 0 Å². The third-order valence-electron chi connectivity index (χ3n) is 2.27. The second kappa shape index (κ2) is 7.92. The fraction of sp³-hybridized carbons (Fsp3) is 0.800. The van der Waals surface area contributed by atoms with E-state index in [9.17, 15) is 9.59 Å². The quantitative estimate of drug-likeness (QED) is 0.462. The third kappa shape index (κ3) is 6.23. The first kappa shape index (κ1) is 14.7. The number of carbonyl (C=O) groups excluding carboxylic acids is 1. The van der Waals surface area contributed by atoms with Gasteiger partial charge in [-0.3, -0.25) is 4.79 Å². The monoisotopic (exact) mass is 231 g/mol. The Morgan fingerprint density at radius 2 is 1.94 bits per heavy atom. The number of nitrogens with two attached hydrogens (primary N) is 1. The first-order valence-corrected chi connectivity index (χ1v) is 5.43. The lowest BCUT2D eigenvalue weighted by molar-refractivity contribution is -0.142. The van der Waals surface area contributed by atoms with Crippen molar-refractivity contribution in [3.05, 3.63) is 0 Å². The minimum absolute atomic E-state index is 0.0122. The highest BCUT2D eigenvalue weighted by atomic mass is 16.4. The summed E-state index contributed by atoms with van der Waals surface area (Å²) in [5.41, 5.74) is 5.27. The molecule has 1 atom stereocenters. The summed E-state index contributed by atoms with van der Waals surface area (Å²) in [6.45, 7) is 4.78. The zero-order valence-corrected chi connectivity index (χ0v) is 9.82. The molecule has 6 heteroatoms. The van der Waals surface area contributed by atoms with E-state index in [2.05, 4.69) is 10.6 Å². The van der Waals surface area contributed by atoms with Crippen LogP contribution in [0.15, 0.2) is 0 Å². The lowest BCUT2D eigenvalue weighted by atomic mass is 9.96. The topological polar surface area (TPSA) is 104 Å².